The molecule has 0 radical (unpaired) electrons. The molecule has 0 aromatic carbocycles. The van der Waals surface area contributed by atoms with Gasteiger partial charge in [-0.2, -0.15) is 8.42 Å². The van der Waals surface area contributed by atoms with E-state index in [1.807, 2.05) is 4.72 Å². The summed E-state index contributed by atoms with van der Waals surface area (Å²) < 4.78 is 64.8. The van der Waals surface area contributed by atoms with E-state index in [1.54, 1.807) is 54.9 Å². The topological polar surface area (TPSA) is 290 Å². The summed E-state index contributed by atoms with van der Waals surface area (Å²) in [6.45, 7) is 16.5. The maximum Gasteiger partial charge on any atom is 0.338 e. The SMILES string of the molecule is CC1(C)CCC(CCCNc2cccc(S(=O)(=O)NC(=O)c3ccc(-n4ccc(OCCC5(C)CC5)n4)nc3Cl)n2)C1.CC1(C)CCC(CCCNc2cccc(S(N)(=O)=O)n2)C1.CC1(CCOc2ccn(-c3ccc(C(=O)O)c(Cl)n3)n2)CC1. The van der Waals surface area contributed by atoms with Gasteiger partial charge in [-0.05, 0) is 185 Å². The average Bonchev–Trinajstić information content (AvgIpc) is 3.39. The fraction of sp³-hybridized carbons (Fsp3) is 0.533. The molecule has 2 unspecified atom stereocenters. The number of amides is 1. The van der Waals surface area contributed by atoms with Crippen LogP contribution in [0.5, 0.6) is 11.8 Å². The Hall–Kier alpha value is -6.40. The van der Waals surface area contributed by atoms with Crippen LogP contribution in [0.4, 0.5) is 11.6 Å². The normalized spacial score (nSPS) is 18.6. The minimum absolute atomic E-state index is 0.0354. The molecule has 0 saturated heterocycles. The number of hydrogen-bond donors (Lipinski definition) is 5. The number of carbonyl (C=O) groups is 2. The largest absolute Gasteiger partial charge is 0.478 e. The van der Waals surface area contributed by atoms with Crippen LogP contribution in [0.1, 0.15) is 165 Å². The highest BCUT2D eigenvalue weighted by Crippen LogP contribution is 2.49. The van der Waals surface area contributed by atoms with Crippen LogP contribution in [0.25, 0.3) is 11.6 Å². The minimum Gasteiger partial charge on any atom is -0.478 e. The minimum atomic E-state index is -4.25. The predicted molar refractivity (Wildman–Crippen MR) is 327 cm³/mol. The Kier molecular flexibility index (Phi) is 20.9. The van der Waals surface area contributed by atoms with E-state index in [0.717, 1.165) is 50.5 Å². The summed E-state index contributed by atoms with van der Waals surface area (Å²) in [5, 5.41) is 28.4. The van der Waals surface area contributed by atoms with Gasteiger partial charge in [0, 0.05) is 37.6 Å². The maximum absolute atomic E-state index is 13.0. The summed E-state index contributed by atoms with van der Waals surface area (Å²) in [6.07, 6.45) is 22.5. The zero-order chi connectivity index (χ0) is 61.2. The maximum atomic E-state index is 13.0. The van der Waals surface area contributed by atoms with Gasteiger partial charge in [0.1, 0.15) is 21.9 Å². The van der Waals surface area contributed by atoms with Gasteiger partial charge in [-0.15, -0.1) is 10.2 Å². The number of pyridine rings is 4. The lowest BCUT2D eigenvalue weighted by atomic mass is 9.89. The van der Waals surface area contributed by atoms with E-state index in [-0.39, 0.29) is 31.5 Å². The number of primary sulfonamides is 1. The van der Waals surface area contributed by atoms with Crippen molar-refractivity contribution in [3.8, 4) is 23.4 Å². The van der Waals surface area contributed by atoms with Crippen LogP contribution in [0.2, 0.25) is 10.3 Å². The molecule has 21 nitrogen and oxygen atoms in total. The van der Waals surface area contributed by atoms with E-state index in [9.17, 15) is 26.4 Å². The van der Waals surface area contributed by atoms with Gasteiger partial charge in [0.25, 0.3) is 26.0 Å². The molecular formula is C60H80Cl2N12O9S2. The number of nitrogens with one attached hydrogen (secondary N) is 3. The van der Waals surface area contributed by atoms with Crippen molar-refractivity contribution in [2.75, 3.05) is 36.9 Å². The second-order valence-electron chi connectivity index (χ2n) is 25.2. The lowest BCUT2D eigenvalue weighted by molar-refractivity contribution is 0.0696. The molecule has 4 saturated carbocycles. The van der Waals surface area contributed by atoms with Crippen LogP contribution in [0, 0.1) is 33.5 Å². The molecule has 6 aromatic rings. The number of carbonyl (C=O) groups excluding carboxylic acids is 1. The molecule has 25 heteroatoms. The molecule has 85 heavy (non-hydrogen) atoms. The molecule has 6 N–H and O–H groups in total. The van der Waals surface area contributed by atoms with Crippen molar-refractivity contribution in [1.82, 2.24) is 44.2 Å². The van der Waals surface area contributed by atoms with Crippen LogP contribution in [-0.2, 0) is 20.0 Å². The summed E-state index contributed by atoms with van der Waals surface area (Å²) in [5.41, 5.74) is 1.65. The summed E-state index contributed by atoms with van der Waals surface area (Å²) in [4.78, 5) is 40.3. The van der Waals surface area contributed by atoms with Crippen molar-refractivity contribution in [1.29, 1.82) is 0 Å². The van der Waals surface area contributed by atoms with Gasteiger partial charge in [-0.25, -0.2) is 52.4 Å². The van der Waals surface area contributed by atoms with Gasteiger partial charge in [0.05, 0.1) is 24.3 Å². The van der Waals surface area contributed by atoms with E-state index in [4.69, 9.17) is 42.9 Å². The highest BCUT2D eigenvalue weighted by Gasteiger charge is 2.38. The second-order valence-corrected chi connectivity index (χ2v) is 29.1. The number of ether oxygens (including phenoxy) is 2. The van der Waals surface area contributed by atoms with Crippen LogP contribution in [0.15, 0.2) is 95.2 Å². The van der Waals surface area contributed by atoms with Crippen molar-refractivity contribution >= 4 is 66.8 Å². The smallest absolute Gasteiger partial charge is 0.338 e. The number of carboxylic acid groups (broad SMARTS) is 1. The first kappa shape index (κ1) is 64.6. The molecule has 0 aliphatic heterocycles. The molecule has 1 amide bonds. The fourth-order valence-corrected chi connectivity index (χ4v) is 12.5. The van der Waals surface area contributed by atoms with Crippen LogP contribution < -0.4 is 30.0 Å². The molecule has 10 rings (SSSR count). The summed E-state index contributed by atoms with van der Waals surface area (Å²) in [5.74, 6) is 2.34. The van der Waals surface area contributed by atoms with Gasteiger partial charge in [0.15, 0.2) is 21.7 Å². The summed E-state index contributed by atoms with van der Waals surface area (Å²) in [7, 11) is -7.98. The summed E-state index contributed by atoms with van der Waals surface area (Å²) >= 11 is 12.1. The van der Waals surface area contributed by atoms with Gasteiger partial charge in [-0.1, -0.05) is 76.9 Å². The van der Waals surface area contributed by atoms with Crippen molar-refractivity contribution in [2.24, 2.45) is 38.6 Å². The van der Waals surface area contributed by atoms with Gasteiger partial charge < -0.3 is 25.2 Å². The number of anilines is 2. The number of nitrogens with zero attached hydrogens (tertiary/aromatic N) is 8. The van der Waals surface area contributed by atoms with Gasteiger partial charge >= 0.3 is 5.97 Å². The third kappa shape index (κ3) is 19.6. The van der Waals surface area contributed by atoms with Crippen molar-refractivity contribution in [2.45, 2.75) is 154 Å². The molecule has 4 aliphatic rings. The monoisotopic (exact) mass is 1250 g/mol. The Balaban J connectivity index is 0.000000183. The second kappa shape index (κ2) is 27.5. The molecule has 4 fully saturated rings. The third-order valence-corrected chi connectivity index (χ3v) is 19.1. The zero-order valence-corrected chi connectivity index (χ0v) is 52.5. The number of nitrogens with two attached hydrogens (primary N) is 1. The zero-order valence-electron chi connectivity index (χ0n) is 49.3. The van der Waals surface area contributed by atoms with Crippen molar-refractivity contribution in [3.05, 3.63) is 107 Å². The molecule has 0 spiro atoms. The standard InChI is InChI=1S/C30H39ClN6O4S.C15H16ClN3O3.C15H25N3O2S/c1-29(2)13-11-21(20-29)6-5-17-32-23-7-4-8-26(33-23)42(39,40)36-28(38)22-9-10-24(34-27(22)31)37-18-12-25(35-37)41-19-16-30(3)14-15-30;1-15(5-6-15)7-9-22-12-4-8-19(18-12)11-3-2-10(14(20)21)13(16)17-11;1-15(2)9-8-12(11-15)5-4-10-17-13-6-3-7-14(18-13)21(16,19)20/h4,7-10,12,18,21H,5-6,11,13-17,19-20H2,1-3H3,(H,32,33)(H,36,38);2-4,8H,5-7,9H2,1H3,(H,20,21);3,6-7,12H,4-5,8-11H2,1-2H3,(H,17,18)(H2,16,19,20). The van der Waals surface area contributed by atoms with E-state index in [1.165, 1.54) is 110 Å². The Morgan fingerprint density at radius 2 is 1.07 bits per heavy atom. The lowest BCUT2D eigenvalue weighted by Crippen LogP contribution is -2.31. The Labute approximate surface area is 509 Å². The Bertz CT molecular complexity index is 3520. The van der Waals surface area contributed by atoms with Crippen LogP contribution in [-0.4, -0.2) is 99.6 Å². The number of halogens is 2. The first-order valence-corrected chi connectivity index (χ1v) is 32.9. The molecule has 0 bridgehead atoms. The van der Waals surface area contributed by atoms with E-state index >= 15 is 0 Å². The molecule has 6 heterocycles. The molecule has 460 valence electrons. The molecule has 4 aliphatic carbocycles. The number of aromatic nitrogens is 8. The average molecular weight is 1250 g/mol. The number of sulfonamides is 2. The summed E-state index contributed by atoms with van der Waals surface area (Å²) in [6, 6.07) is 18.8. The molecular weight excluding hydrogens is 1170 g/mol. The van der Waals surface area contributed by atoms with E-state index in [2.05, 4.69) is 82.3 Å². The third-order valence-electron chi connectivity index (χ3n) is 16.4. The lowest BCUT2D eigenvalue weighted by Gasteiger charge is -2.17. The highest BCUT2D eigenvalue weighted by atomic mass is 35.5. The van der Waals surface area contributed by atoms with Crippen LogP contribution in [0.3, 0.4) is 0 Å². The first-order valence-electron chi connectivity index (χ1n) is 29.1. The van der Waals surface area contributed by atoms with Gasteiger partial charge in [-0.3, -0.25) is 4.79 Å². The van der Waals surface area contributed by atoms with E-state index in [0.29, 0.717) is 76.4 Å². The number of hydrogen-bond acceptors (Lipinski definition) is 16. The molecule has 6 aromatic heterocycles. The van der Waals surface area contributed by atoms with E-state index < -0.39 is 31.9 Å². The molecule has 2 atom stereocenters. The quantitative estimate of drug-likeness (QED) is 0.0263. The van der Waals surface area contributed by atoms with Crippen molar-refractivity contribution in [3.63, 3.8) is 0 Å². The highest BCUT2D eigenvalue weighted by molar-refractivity contribution is 7.90. The fourth-order valence-electron chi connectivity index (χ4n) is 10.6. The van der Waals surface area contributed by atoms with Gasteiger partial charge in [0.2, 0.25) is 11.8 Å². The Morgan fingerprint density at radius 3 is 1.48 bits per heavy atom. The van der Waals surface area contributed by atoms with Crippen molar-refractivity contribution < 1.29 is 41.0 Å². The number of aromatic carboxylic acids is 1. The van der Waals surface area contributed by atoms with Crippen LogP contribution >= 0.6 is 23.2 Å². The first-order chi connectivity index (χ1) is 40.1. The Morgan fingerprint density at radius 1 is 0.624 bits per heavy atom. The number of carboxylic acids is 1. The predicted octanol–water partition coefficient (Wildman–Crippen LogP) is 12.0. The number of rotatable bonds is 25.